The predicted octanol–water partition coefficient (Wildman–Crippen LogP) is 4.85. The molecule has 0 heterocycles. The molecular weight excluding hydrogens is 256 g/mol. The first-order valence-corrected chi connectivity index (χ1v) is 7.31. The standard InChI is InChI=1S/C19H22N2/c1-13-11-14(2)19(15(3)12-13)16(4)21-18-7-5-17(6-8-18)9-10-20/h5-8,11-12,16,21H,9H2,1-4H3. The Balaban J connectivity index is 2.18. The van der Waals surface area contributed by atoms with Gasteiger partial charge in [0.1, 0.15) is 0 Å². The summed E-state index contributed by atoms with van der Waals surface area (Å²) in [4.78, 5) is 0. The molecule has 0 aliphatic heterocycles. The molecule has 0 fully saturated rings. The molecule has 0 bridgehead atoms. The second-order valence-electron chi connectivity index (χ2n) is 5.71. The largest absolute Gasteiger partial charge is 0.379 e. The summed E-state index contributed by atoms with van der Waals surface area (Å²) in [5, 5.41) is 12.2. The highest BCUT2D eigenvalue weighted by molar-refractivity contribution is 5.49. The van der Waals surface area contributed by atoms with Gasteiger partial charge in [0.15, 0.2) is 0 Å². The average Bonchev–Trinajstić information content (AvgIpc) is 2.40. The summed E-state index contributed by atoms with van der Waals surface area (Å²) >= 11 is 0. The number of hydrogen-bond acceptors (Lipinski definition) is 2. The fraction of sp³-hybridized carbons (Fsp3) is 0.316. The smallest absolute Gasteiger partial charge is 0.0669 e. The van der Waals surface area contributed by atoms with Crippen LogP contribution in [0.2, 0.25) is 0 Å². The summed E-state index contributed by atoms with van der Waals surface area (Å²) in [6.45, 7) is 8.66. The molecule has 0 amide bonds. The van der Waals surface area contributed by atoms with Crippen molar-refractivity contribution in [2.75, 3.05) is 5.32 Å². The third kappa shape index (κ3) is 3.64. The molecule has 1 atom stereocenters. The van der Waals surface area contributed by atoms with E-state index in [0.717, 1.165) is 11.3 Å². The summed E-state index contributed by atoms with van der Waals surface area (Å²) in [6, 6.07) is 15.0. The molecule has 2 aromatic rings. The quantitative estimate of drug-likeness (QED) is 0.867. The number of aryl methyl sites for hydroxylation is 3. The lowest BCUT2D eigenvalue weighted by Crippen LogP contribution is -2.10. The number of nitrogens with zero attached hydrogens (tertiary/aromatic N) is 1. The highest BCUT2D eigenvalue weighted by atomic mass is 14.9. The van der Waals surface area contributed by atoms with Crippen LogP contribution in [0.1, 0.15) is 40.8 Å². The van der Waals surface area contributed by atoms with E-state index in [4.69, 9.17) is 5.26 Å². The van der Waals surface area contributed by atoms with E-state index in [0.29, 0.717) is 6.42 Å². The van der Waals surface area contributed by atoms with Gasteiger partial charge in [-0.1, -0.05) is 29.8 Å². The minimum atomic E-state index is 0.257. The molecule has 0 saturated carbocycles. The van der Waals surface area contributed by atoms with E-state index < -0.39 is 0 Å². The Labute approximate surface area is 127 Å². The molecule has 1 N–H and O–H groups in total. The molecule has 2 heteroatoms. The Morgan fingerprint density at radius 1 is 1.05 bits per heavy atom. The number of nitrogens with one attached hydrogen (secondary N) is 1. The third-order valence-electron chi connectivity index (χ3n) is 3.79. The lowest BCUT2D eigenvalue weighted by molar-refractivity contribution is 0.862. The minimum Gasteiger partial charge on any atom is -0.379 e. The van der Waals surface area contributed by atoms with Gasteiger partial charge in [-0.3, -0.25) is 0 Å². The topological polar surface area (TPSA) is 35.8 Å². The third-order valence-corrected chi connectivity index (χ3v) is 3.79. The Hall–Kier alpha value is -2.27. The van der Waals surface area contributed by atoms with Crippen LogP contribution in [-0.2, 0) is 6.42 Å². The molecule has 0 aliphatic carbocycles. The van der Waals surface area contributed by atoms with Gasteiger partial charge in [-0.05, 0) is 62.1 Å². The molecule has 0 radical (unpaired) electrons. The summed E-state index contributed by atoms with van der Waals surface area (Å²) in [7, 11) is 0. The van der Waals surface area contributed by atoms with Crippen LogP contribution >= 0.6 is 0 Å². The molecule has 2 aromatic carbocycles. The summed E-state index contributed by atoms with van der Waals surface area (Å²) < 4.78 is 0. The Bertz CT molecular complexity index is 640. The lowest BCUT2D eigenvalue weighted by Gasteiger charge is -2.21. The van der Waals surface area contributed by atoms with Crippen molar-refractivity contribution < 1.29 is 0 Å². The van der Waals surface area contributed by atoms with Crippen molar-refractivity contribution in [1.82, 2.24) is 0 Å². The average molecular weight is 278 g/mol. The van der Waals surface area contributed by atoms with Crippen molar-refractivity contribution in [1.29, 1.82) is 5.26 Å². The van der Waals surface area contributed by atoms with Crippen molar-refractivity contribution in [2.24, 2.45) is 0 Å². The van der Waals surface area contributed by atoms with Crippen LogP contribution in [0.4, 0.5) is 5.69 Å². The van der Waals surface area contributed by atoms with Crippen LogP contribution in [0, 0.1) is 32.1 Å². The van der Waals surface area contributed by atoms with Crippen molar-refractivity contribution in [3.8, 4) is 6.07 Å². The van der Waals surface area contributed by atoms with Crippen LogP contribution in [0.15, 0.2) is 36.4 Å². The highest BCUT2D eigenvalue weighted by Crippen LogP contribution is 2.26. The van der Waals surface area contributed by atoms with Gasteiger partial charge in [-0.2, -0.15) is 5.26 Å². The number of anilines is 1. The number of nitriles is 1. The van der Waals surface area contributed by atoms with E-state index in [2.05, 4.69) is 51.2 Å². The summed E-state index contributed by atoms with van der Waals surface area (Å²) in [6.07, 6.45) is 0.464. The van der Waals surface area contributed by atoms with Gasteiger partial charge in [0.2, 0.25) is 0 Å². The van der Waals surface area contributed by atoms with Gasteiger partial charge in [0.05, 0.1) is 12.5 Å². The molecule has 0 saturated heterocycles. The molecule has 0 spiro atoms. The fourth-order valence-electron chi connectivity index (χ4n) is 3.01. The van der Waals surface area contributed by atoms with Gasteiger partial charge in [0, 0.05) is 11.7 Å². The first kappa shape index (κ1) is 15.1. The first-order chi connectivity index (χ1) is 10.0. The molecule has 21 heavy (non-hydrogen) atoms. The zero-order valence-corrected chi connectivity index (χ0v) is 13.2. The Morgan fingerprint density at radius 3 is 2.14 bits per heavy atom. The molecule has 0 aliphatic rings. The van der Waals surface area contributed by atoms with Crippen molar-refractivity contribution >= 4 is 5.69 Å². The normalized spacial score (nSPS) is 11.8. The Morgan fingerprint density at radius 2 is 1.62 bits per heavy atom. The lowest BCUT2D eigenvalue weighted by atomic mass is 9.94. The van der Waals surface area contributed by atoms with E-state index >= 15 is 0 Å². The zero-order chi connectivity index (χ0) is 15.4. The van der Waals surface area contributed by atoms with Crippen LogP contribution in [0.25, 0.3) is 0 Å². The maximum absolute atomic E-state index is 8.70. The Kier molecular flexibility index (Phi) is 4.65. The van der Waals surface area contributed by atoms with E-state index in [1.54, 1.807) is 0 Å². The maximum atomic E-state index is 8.70. The van der Waals surface area contributed by atoms with Crippen LogP contribution in [0.5, 0.6) is 0 Å². The van der Waals surface area contributed by atoms with Gasteiger partial charge in [-0.25, -0.2) is 0 Å². The monoisotopic (exact) mass is 278 g/mol. The SMILES string of the molecule is Cc1cc(C)c(C(C)Nc2ccc(CC#N)cc2)c(C)c1. The second kappa shape index (κ2) is 6.45. The number of hydrogen-bond donors (Lipinski definition) is 1. The highest BCUT2D eigenvalue weighted by Gasteiger charge is 2.11. The van der Waals surface area contributed by atoms with Crippen LogP contribution in [0.3, 0.4) is 0 Å². The van der Waals surface area contributed by atoms with E-state index in [-0.39, 0.29) is 6.04 Å². The molecule has 0 aromatic heterocycles. The predicted molar refractivity (Wildman–Crippen MR) is 88.4 cm³/mol. The second-order valence-corrected chi connectivity index (χ2v) is 5.71. The van der Waals surface area contributed by atoms with Crippen molar-refractivity contribution in [3.05, 3.63) is 64.2 Å². The van der Waals surface area contributed by atoms with Gasteiger partial charge in [0.25, 0.3) is 0 Å². The van der Waals surface area contributed by atoms with E-state index in [9.17, 15) is 0 Å². The van der Waals surface area contributed by atoms with E-state index in [1.807, 2.05) is 24.3 Å². The van der Waals surface area contributed by atoms with Gasteiger partial charge < -0.3 is 5.32 Å². The molecule has 2 nitrogen and oxygen atoms in total. The molecule has 2 rings (SSSR count). The number of benzene rings is 2. The molecule has 1 unspecified atom stereocenters. The van der Waals surface area contributed by atoms with Gasteiger partial charge in [-0.15, -0.1) is 0 Å². The maximum Gasteiger partial charge on any atom is 0.0669 e. The summed E-state index contributed by atoms with van der Waals surface area (Å²) in [5.74, 6) is 0. The van der Waals surface area contributed by atoms with Crippen molar-refractivity contribution in [3.63, 3.8) is 0 Å². The van der Waals surface area contributed by atoms with Gasteiger partial charge >= 0.3 is 0 Å². The first-order valence-electron chi connectivity index (χ1n) is 7.31. The minimum absolute atomic E-state index is 0.257. The van der Waals surface area contributed by atoms with Crippen LogP contribution < -0.4 is 5.32 Å². The molecule has 108 valence electrons. The van der Waals surface area contributed by atoms with Crippen molar-refractivity contribution in [2.45, 2.75) is 40.2 Å². The summed E-state index contributed by atoms with van der Waals surface area (Å²) in [5.41, 5.74) is 7.47. The zero-order valence-electron chi connectivity index (χ0n) is 13.2. The molecular formula is C19H22N2. The van der Waals surface area contributed by atoms with E-state index in [1.165, 1.54) is 22.3 Å². The van der Waals surface area contributed by atoms with Crippen LogP contribution in [-0.4, -0.2) is 0 Å². The number of rotatable bonds is 4. The fourth-order valence-corrected chi connectivity index (χ4v) is 3.01.